The van der Waals surface area contributed by atoms with Crippen LogP contribution in [0.2, 0.25) is 10.0 Å². The Morgan fingerprint density at radius 2 is 1.83 bits per heavy atom. The average Bonchev–Trinajstić information content (AvgIpc) is 2.50. The van der Waals surface area contributed by atoms with Crippen LogP contribution in [0.4, 0.5) is 5.69 Å². The normalized spacial score (nSPS) is 10.2. The van der Waals surface area contributed by atoms with Crippen molar-refractivity contribution in [3.05, 3.63) is 63.6 Å². The Labute approximate surface area is 144 Å². The molecular weight excluding hydrogens is 337 g/mol. The monoisotopic (exact) mass is 351 g/mol. The Morgan fingerprint density at radius 1 is 1.09 bits per heavy atom. The van der Waals surface area contributed by atoms with Crippen LogP contribution in [-0.4, -0.2) is 18.5 Å². The smallest absolute Gasteiger partial charge is 0.310 e. The zero-order valence-electron chi connectivity index (χ0n) is 12.4. The number of hydrogen-bond donors (Lipinski definition) is 1. The fourth-order valence-electron chi connectivity index (χ4n) is 1.90. The molecule has 0 atom stereocenters. The number of ether oxygens (including phenoxy) is 1. The second-order valence-electron chi connectivity index (χ2n) is 4.96. The van der Waals surface area contributed by atoms with Gasteiger partial charge < -0.3 is 10.1 Å². The highest BCUT2D eigenvalue weighted by Gasteiger charge is 2.11. The van der Waals surface area contributed by atoms with E-state index in [9.17, 15) is 9.59 Å². The van der Waals surface area contributed by atoms with Crippen LogP contribution in [0.25, 0.3) is 0 Å². The van der Waals surface area contributed by atoms with Crippen LogP contribution in [0, 0.1) is 6.92 Å². The van der Waals surface area contributed by atoms with Gasteiger partial charge in [-0.2, -0.15) is 0 Å². The van der Waals surface area contributed by atoms with Gasteiger partial charge in [0.2, 0.25) is 0 Å². The van der Waals surface area contributed by atoms with Gasteiger partial charge in [-0.1, -0.05) is 47.5 Å². The van der Waals surface area contributed by atoms with Gasteiger partial charge in [-0.25, -0.2) is 0 Å². The predicted octanol–water partition coefficient (Wildman–Crippen LogP) is 4.03. The van der Waals surface area contributed by atoms with Crippen molar-refractivity contribution in [2.75, 3.05) is 11.9 Å². The van der Waals surface area contributed by atoms with E-state index >= 15 is 0 Å². The van der Waals surface area contributed by atoms with E-state index < -0.39 is 11.9 Å². The van der Waals surface area contributed by atoms with Crippen molar-refractivity contribution in [3.8, 4) is 0 Å². The largest absolute Gasteiger partial charge is 0.455 e. The third-order valence-corrected chi connectivity index (χ3v) is 3.74. The van der Waals surface area contributed by atoms with E-state index in [2.05, 4.69) is 5.32 Å². The lowest BCUT2D eigenvalue weighted by Gasteiger charge is -2.09. The van der Waals surface area contributed by atoms with E-state index in [1.807, 2.05) is 13.0 Å². The molecule has 6 heteroatoms. The molecule has 0 aromatic heterocycles. The van der Waals surface area contributed by atoms with E-state index in [1.54, 1.807) is 36.4 Å². The third kappa shape index (κ3) is 5.27. The Bertz CT molecular complexity index is 732. The minimum atomic E-state index is -0.525. The molecule has 0 heterocycles. The zero-order valence-corrected chi connectivity index (χ0v) is 13.9. The van der Waals surface area contributed by atoms with Gasteiger partial charge in [-0.15, -0.1) is 0 Å². The van der Waals surface area contributed by atoms with Crippen molar-refractivity contribution in [1.82, 2.24) is 0 Å². The van der Waals surface area contributed by atoms with Gasteiger partial charge in [0.1, 0.15) is 0 Å². The van der Waals surface area contributed by atoms with Gasteiger partial charge in [0.25, 0.3) is 5.91 Å². The first-order valence-electron chi connectivity index (χ1n) is 6.91. The van der Waals surface area contributed by atoms with Gasteiger partial charge in [-0.05, 0) is 36.2 Å². The number of aryl methyl sites for hydroxylation is 1. The molecule has 0 radical (unpaired) electrons. The standard InChI is InChI=1S/C17H15Cl2NO3/c1-11-6-7-15(14(19)8-11)20-16(21)10-23-17(22)9-12-4-2-3-5-13(12)18/h2-8H,9-10H2,1H3,(H,20,21). The number of amides is 1. The quantitative estimate of drug-likeness (QED) is 0.827. The number of nitrogens with one attached hydrogen (secondary N) is 1. The summed E-state index contributed by atoms with van der Waals surface area (Å²) in [4.78, 5) is 23.5. The number of anilines is 1. The highest BCUT2D eigenvalue weighted by molar-refractivity contribution is 6.33. The van der Waals surface area contributed by atoms with Crippen molar-refractivity contribution in [3.63, 3.8) is 0 Å². The summed E-state index contributed by atoms with van der Waals surface area (Å²) in [7, 11) is 0. The predicted molar refractivity (Wildman–Crippen MR) is 90.9 cm³/mol. The first-order valence-corrected chi connectivity index (χ1v) is 7.66. The Morgan fingerprint density at radius 3 is 2.52 bits per heavy atom. The molecule has 4 nitrogen and oxygen atoms in total. The molecule has 2 aromatic carbocycles. The number of hydrogen-bond acceptors (Lipinski definition) is 3. The maximum absolute atomic E-state index is 11.8. The van der Waals surface area contributed by atoms with Gasteiger partial charge in [0, 0.05) is 5.02 Å². The minimum Gasteiger partial charge on any atom is -0.455 e. The minimum absolute atomic E-state index is 0.0121. The van der Waals surface area contributed by atoms with Crippen LogP contribution >= 0.6 is 23.2 Å². The molecular formula is C17H15Cl2NO3. The fourth-order valence-corrected chi connectivity index (χ4v) is 2.39. The molecule has 0 unspecified atom stereocenters. The van der Waals surface area contributed by atoms with Crippen LogP contribution in [0.3, 0.4) is 0 Å². The summed E-state index contributed by atoms with van der Waals surface area (Å²) in [6.45, 7) is 1.52. The van der Waals surface area contributed by atoms with Gasteiger partial charge >= 0.3 is 5.97 Å². The highest BCUT2D eigenvalue weighted by Crippen LogP contribution is 2.22. The van der Waals surface area contributed by atoms with Gasteiger partial charge in [-0.3, -0.25) is 9.59 Å². The van der Waals surface area contributed by atoms with Crippen molar-refractivity contribution in [2.24, 2.45) is 0 Å². The molecule has 0 spiro atoms. The fraction of sp³-hybridized carbons (Fsp3) is 0.176. The summed E-state index contributed by atoms with van der Waals surface area (Å²) in [6.07, 6.45) is 0.0121. The highest BCUT2D eigenvalue weighted by atomic mass is 35.5. The number of carbonyl (C=O) groups excluding carboxylic acids is 2. The lowest BCUT2D eigenvalue weighted by atomic mass is 10.1. The van der Waals surface area contributed by atoms with Crippen LogP contribution < -0.4 is 5.32 Å². The van der Waals surface area contributed by atoms with Gasteiger partial charge in [0.15, 0.2) is 6.61 Å². The topological polar surface area (TPSA) is 55.4 Å². The van der Waals surface area contributed by atoms with E-state index in [-0.39, 0.29) is 13.0 Å². The SMILES string of the molecule is Cc1ccc(NC(=O)COC(=O)Cc2ccccc2Cl)c(Cl)c1. The van der Waals surface area contributed by atoms with E-state index in [0.29, 0.717) is 21.3 Å². The maximum atomic E-state index is 11.8. The summed E-state index contributed by atoms with van der Waals surface area (Å²) >= 11 is 12.0. The third-order valence-electron chi connectivity index (χ3n) is 3.06. The van der Waals surface area contributed by atoms with E-state index in [4.69, 9.17) is 27.9 Å². The molecule has 0 saturated carbocycles. The van der Waals surface area contributed by atoms with E-state index in [1.165, 1.54) is 0 Å². The molecule has 0 fully saturated rings. The average molecular weight is 352 g/mol. The van der Waals surface area contributed by atoms with E-state index in [0.717, 1.165) is 5.56 Å². The maximum Gasteiger partial charge on any atom is 0.310 e. The summed E-state index contributed by atoms with van der Waals surface area (Å²) in [5.41, 5.74) is 2.12. The molecule has 2 rings (SSSR count). The second-order valence-corrected chi connectivity index (χ2v) is 5.77. The Kier molecular flexibility index (Phi) is 6.02. The molecule has 0 saturated heterocycles. The Balaban J connectivity index is 1.84. The number of esters is 1. The zero-order chi connectivity index (χ0) is 16.8. The van der Waals surface area contributed by atoms with Crippen molar-refractivity contribution in [2.45, 2.75) is 13.3 Å². The number of carbonyl (C=O) groups is 2. The molecule has 23 heavy (non-hydrogen) atoms. The summed E-state index contributed by atoms with van der Waals surface area (Å²) in [5.74, 6) is -0.980. The van der Waals surface area contributed by atoms with Crippen LogP contribution in [0.15, 0.2) is 42.5 Å². The lowest BCUT2D eigenvalue weighted by Crippen LogP contribution is -2.21. The number of rotatable bonds is 5. The summed E-state index contributed by atoms with van der Waals surface area (Å²) in [6, 6.07) is 12.2. The lowest BCUT2D eigenvalue weighted by molar-refractivity contribution is -0.146. The molecule has 0 aliphatic rings. The molecule has 120 valence electrons. The van der Waals surface area contributed by atoms with Crippen LogP contribution in [0.1, 0.15) is 11.1 Å². The summed E-state index contributed by atoms with van der Waals surface area (Å²) < 4.78 is 4.95. The molecule has 1 amide bonds. The first-order chi connectivity index (χ1) is 11.0. The van der Waals surface area contributed by atoms with Crippen LogP contribution in [0.5, 0.6) is 0 Å². The van der Waals surface area contributed by atoms with Gasteiger partial charge in [0.05, 0.1) is 17.1 Å². The number of halogens is 2. The second kappa shape index (κ2) is 7.99. The molecule has 0 aliphatic carbocycles. The number of benzene rings is 2. The molecule has 0 aliphatic heterocycles. The molecule has 0 bridgehead atoms. The molecule has 1 N–H and O–H groups in total. The summed E-state index contributed by atoms with van der Waals surface area (Å²) in [5, 5.41) is 3.51. The van der Waals surface area contributed by atoms with Crippen molar-refractivity contribution >= 4 is 40.8 Å². The first kappa shape index (κ1) is 17.3. The van der Waals surface area contributed by atoms with Crippen molar-refractivity contribution < 1.29 is 14.3 Å². The van der Waals surface area contributed by atoms with Crippen molar-refractivity contribution in [1.29, 1.82) is 0 Å². The van der Waals surface area contributed by atoms with Crippen LogP contribution in [-0.2, 0) is 20.7 Å². The molecule has 2 aromatic rings. The Hall–Kier alpha value is -2.04.